The number of rotatable bonds is 6. The van der Waals surface area contributed by atoms with Gasteiger partial charge >= 0.3 is 0 Å². The van der Waals surface area contributed by atoms with E-state index >= 15 is 0 Å². The molecule has 1 nitrogen and oxygen atoms in total. The van der Waals surface area contributed by atoms with Crippen LogP contribution in [0.25, 0.3) is 87.6 Å². The van der Waals surface area contributed by atoms with E-state index in [1.54, 1.807) is 0 Å². The fourth-order valence-corrected chi connectivity index (χ4v) is 10.2. The van der Waals surface area contributed by atoms with Crippen molar-refractivity contribution in [2.75, 3.05) is 4.90 Å². The summed E-state index contributed by atoms with van der Waals surface area (Å²) < 4.78 is 0. The second kappa shape index (κ2) is 14.2. The third kappa shape index (κ3) is 5.85. The van der Waals surface area contributed by atoms with Crippen LogP contribution in [-0.4, -0.2) is 0 Å². The molecule has 1 aliphatic carbocycles. The van der Waals surface area contributed by atoms with Gasteiger partial charge in [0, 0.05) is 22.5 Å². The molecule has 0 amide bonds. The normalized spacial score (nSPS) is 12.8. The van der Waals surface area contributed by atoms with Crippen LogP contribution in [0.3, 0.4) is 0 Å². The molecular formula is C61H43N. The van der Waals surface area contributed by atoms with E-state index in [0.29, 0.717) is 0 Å². The predicted octanol–water partition coefficient (Wildman–Crippen LogP) is 17.1. The maximum Gasteiger partial charge on any atom is 0.0468 e. The third-order valence-electron chi connectivity index (χ3n) is 13.4. The van der Waals surface area contributed by atoms with Gasteiger partial charge in [0.25, 0.3) is 0 Å². The number of hydrogen-bond acceptors (Lipinski definition) is 1. The molecule has 0 fully saturated rings. The number of benzene rings is 11. The molecule has 11 aromatic carbocycles. The molecule has 1 heteroatoms. The van der Waals surface area contributed by atoms with Crippen LogP contribution in [0.4, 0.5) is 17.1 Å². The number of nitrogens with zero attached hydrogens (tertiary/aromatic N) is 1. The van der Waals surface area contributed by atoms with Crippen molar-refractivity contribution in [2.24, 2.45) is 0 Å². The van der Waals surface area contributed by atoms with E-state index in [-0.39, 0.29) is 5.41 Å². The lowest BCUT2D eigenvalue weighted by molar-refractivity contribution is 0.660. The average Bonchev–Trinajstić information content (AvgIpc) is 3.56. The average molecular weight is 790 g/mol. The van der Waals surface area contributed by atoms with Crippen molar-refractivity contribution in [2.45, 2.75) is 19.3 Å². The van der Waals surface area contributed by atoms with Gasteiger partial charge in [-0.25, -0.2) is 0 Å². The van der Waals surface area contributed by atoms with Gasteiger partial charge in [-0.05, 0) is 159 Å². The van der Waals surface area contributed by atoms with E-state index in [2.05, 4.69) is 243 Å². The van der Waals surface area contributed by atoms with Crippen molar-refractivity contribution in [1.82, 2.24) is 0 Å². The SMILES string of the molecule is CC1(C)c2ccccc2-c2ccc(N(c3ccc4ccccc4c3)c3ccc4c(c3)cc(-c3ccccc3)c3cc(-c5cc6ccccc6cc5-c5ccccc5)ccc34)cc21. The molecule has 0 saturated heterocycles. The molecule has 0 aromatic heterocycles. The minimum atomic E-state index is -0.114. The lowest BCUT2D eigenvalue weighted by Gasteiger charge is -2.29. The molecule has 0 heterocycles. The van der Waals surface area contributed by atoms with E-state index in [0.717, 1.165) is 17.1 Å². The minimum Gasteiger partial charge on any atom is -0.310 e. The van der Waals surface area contributed by atoms with Gasteiger partial charge in [0.15, 0.2) is 0 Å². The van der Waals surface area contributed by atoms with Gasteiger partial charge in [-0.2, -0.15) is 0 Å². The summed E-state index contributed by atoms with van der Waals surface area (Å²) in [6, 6.07) is 83.2. The summed E-state index contributed by atoms with van der Waals surface area (Å²) in [4.78, 5) is 2.45. The zero-order valence-electron chi connectivity index (χ0n) is 34.8. The quantitative estimate of drug-likeness (QED) is 0.152. The van der Waals surface area contributed by atoms with Crippen LogP contribution in [0.2, 0.25) is 0 Å². The molecule has 0 radical (unpaired) electrons. The number of anilines is 3. The zero-order valence-corrected chi connectivity index (χ0v) is 34.8. The Labute approximate surface area is 362 Å². The molecule has 0 N–H and O–H groups in total. The van der Waals surface area contributed by atoms with E-state index in [9.17, 15) is 0 Å². The van der Waals surface area contributed by atoms with Crippen LogP contribution in [0.15, 0.2) is 224 Å². The molecule has 0 saturated carbocycles. The molecule has 12 rings (SSSR count). The van der Waals surface area contributed by atoms with Gasteiger partial charge in [-0.1, -0.05) is 178 Å². The van der Waals surface area contributed by atoms with E-state index in [1.807, 2.05) is 0 Å². The molecule has 292 valence electrons. The maximum absolute atomic E-state index is 2.45. The first-order chi connectivity index (χ1) is 30.5. The Morgan fingerprint density at radius 3 is 1.50 bits per heavy atom. The Kier molecular flexibility index (Phi) is 8.27. The monoisotopic (exact) mass is 789 g/mol. The molecule has 11 aromatic rings. The van der Waals surface area contributed by atoms with Crippen LogP contribution in [0, 0.1) is 0 Å². The second-order valence-corrected chi connectivity index (χ2v) is 17.3. The van der Waals surface area contributed by atoms with Crippen molar-refractivity contribution >= 4 is 60.2 Å². The van der Waals surface area contributed by atoms with Crippen LogP contribution in [-0.2, 0) is 5.41 Å². The fourth-order valence-electron chi connectivity index (χ4n) is 10.2. The van der Waals surface area contributed by atoms with Crippen molar-refractivity contribution in [3.63, 3.8) is 0 Å². The summed E-state index contributed by atoms with van der Waals surface area (Å²) in [6.45, 7) is 4.73. The standard InChI is InChI=1S/C61H43N/c1-61(2)59-24-14-13-23-53(59)54-32-29-50(39-60(54)61)62(48-27-25-40-15-9-10-20-43(40)33-48)49-28-31-51-47(34-49)38-56(42-18-7-4-8-19-42)58-37-46(26-30-52(51)58)57-36-45-22-12-11-21-44(45)35-55(57)41-16-5-3-6-17-41/h3-39H,1-2H3. The molecule has 0 spiro atoms. The van der Waals surface area contributed by atoms with Gasteiger partial charge in [-0.15, -0.1) is 0 Å². The largest absolute Gasteiger partial charge is 0.310 e. The molecule has 0 unspecified atom stereocenters. The highest BCUT2D eigenvalue weighted by atomic mass is 15.1. The fraction of sp³-hybridized carbons (Fsp3) is 0.0492. The molecule has 0 aliphatic heterocycles. The molecule has 1 aliphatic rings. The van der Waals surface area contributed by atoms with Crippen LogP contribution >= 0.6 is 0 Å². The molecule has 0 bridgehead atoms. The Balaban J connectivity index is 1.07. The van der Waals surface area contributed by atoms with Crippen molar-refractivity contribution in [1.29, 1.82) is 0 Å². The Morgan fingerprint density at radius 1 is 0.274 bits per heavy atom. The maximum atomic E-state index is 2.45. The van der Waals surface area contributed by atoms with Crippen molar-refractivity contribution in [3.8, 4) is 44.5 Å². The first-order valence-electron chi connectivity index (χ1n) is 21.7. The highest BCUT2D eigenvalue weighted by molar-refractivity contribution is 6.16. The number of fused-ring (bicyclic) bond motifs is 8. The predicted molar refractivity (Wildman–Crippen MR) is 265 cm³/mol. The molecule has 0 atom stereocenters. The first kappa shape index (κ1) is 36.1. The summed E-state index contributed by atoms with van der Waals surface area (Å²) in [5.74, 6) is 0. The second-order valence-electron chi connectivity index (χ2n) is 17.3. The van der Waals surface area contributed by atoms with E-state index in [1.165, 1.54) is 98.7 Å². The topological polar surface area (TPSA) is 3.24 Å². The highest BCUT2D eigenvalue weighted by Crippen LogP contribution is 2.51. The number of hydrogen-bond donors (Lipinski definition) is 0. The van der Waals surface area contributed by atoms with Gasteiger partial charge in [0.1, 0.15) is 0 Å². The summed E-state index contributed by atoms with van der Waals surface area (Å²) in [7, 11) is 0. The highest BCUT2D eigenvalue weighted by Gasteiger charge is 2.35. The summed E-state index contributed by atoms with van der Waals surface area (Å²) >= 11 is 0. The Bertz CT molecular complexity index is 3540. The smallest absolute Gasteiger partial charge is 0.0468 e. The Hall–Kier alpha value is -7.74. The van der Waals surface area contributed by atoms with E-state index in [4.69, 9.17) is 0 Å². The van der Waals surface area contributed by atoms with Crippen molar-refractivity contribution in [3.05, 3.63) is 236 Å². The van der Waals surface area contributed by atoms with Gasteiger partial charge in [0.05, 0.1) is 0 Å². The molecular weight excluding hydrogens is 747 g/mol. The minimum absolute atomic E-state index is 0.114. The Morgan fingerprint density at radius 2 is 0.774 bits per heavy atom. The first-order valence-corrected chi connectivity index (χ1v) is 21.7. The van der Waals surface area contributed by atoms with Crippen LogP contribution in [0.1, 0.15) is 25.0 Å². The molecule has 62 heavy (non-hydrogen) atoms. The summed E-state index contributed by atoms with van der Waals surface area (Å²) in [5, 5.41) is 9.87. The van der Waals surface area contributed by atoms with Crippen molar-refractivity contribution < 1.29 is 0 Å². The van der Waals surface area contributed by atoms with E-state index < -0.39 is 0 Å². The van der Waals surface area contributed by atoms with Gasteiger partial charge < -0.3 is 4.90 Å². The zero-order chi connectivity index (χ0) is 41.4. The third-order valence-corrected chi connectivity index (χ3v) is 13.4. The van der Waals surface area contributed by atoms with Crippen LogP contribution in [0.5, 0.6) is 0 Å². The lowest BCUT2D eigenvalue weighted by Crippen LogP contribution is -2.16. The van der Waals surface area contributed by atoms with Crippen LogP contribution < -0.4 is 4.90 Å². The lowest BCUT2D eigenvalue weighted by atomic mass is 9.82. The summed E-state index contributed by atoms with van der Waals surface area (Å²) in [6.07, 6.45) is 0. The van der Waals surface area contributed by atoms with Gasteiger partial charge in [0.2, 0.25) is 0 Å². The van der Waals surface area contributed by atoms with Gasteiger partial charge in [-0.3, -0.25) is 0 Å². The summed E-state index contributed by atoms with van der Waals surface area (Å²) in [5.41, 5.74) is 16.0.